The molecule has 8 heteroatoms. The molecule has 0 radical (unpaired) electrons. The van der Waals surface area contributed by atoms with Gasteiger partial charge in [0.1, 0.15) is 5.69 Å². The van der Waals surface area contributed by atoms with E-state index in [1.807, 2.05) is 23.2 Å². The van der Waals surface area contributed by atoms with Crippen molar-refractivity contribution in [2.24, 2.45) is 0 Å². The summed E-state index contributed by atoms with van der Waals surface area (Å²) in [5.74, 6) is -0.237. The van der Waals surface area contributed by atoms with E-state index in [4.69, 9.17) is 4.74 Å². The van der Waals surface area contributed by atoms with Crippen molar-refractivity contribution in [1.82, 2.24) is 9.78 Å². The lowest BCUT2D eigenvalue weighted by Gasteiger charge is -2.34. The van der Waals surface area contributed by atoms with Gasteiger partial charge in [0.25, 0.3) is 5.69 Å². The Labute approximate surface area is 167 Å². The topological polar surface area (TPSA) is 90.5 Å². The van der Waals surface area contributed by atoms with Gasteiger partial charge in [0.15, 0.2) is 5.78 Å². The number of hydrogen-bond acceptors (Lipinski definition) is 6. The van der Waals surface area contributed by atoms with Crippen LogP contribution >= 0.6 is 0 Å². The van der Waals surface area contributed by atoms with Gasteiger partial charge in [-0.2, -0.15) is 5.10 Å². The van der Waals surface area contributed by atoms with Crippen LogP contribution < -0.4 is 4.90 Å². The summed E-state index contributed by atoms with van der Waals surface area (Å²) < 4.78 is 7.58. The monoisotopic (exact) mass is 392 g/mol. The summed E-state index contributed by atoms with van der Waals surface area (Å²) in [4.78, 5) is 25.9. The molecular weight excluding hydrogens is 372 g/mol. The summed E-state index contributed by atoms with van der Waals surface area (Å²) in [6, 6.07) is 15.3. The minimum atomic E-state index is -0.435. The number of ketones is 1. The molecule has 2 aromatic carbocycles. The second-order valence-corrected chi connectivity index (χ2v) is 6.82. The van der Waals surface area contributed by atoms with Crippen molar-refractivity contribution < 1.29 is 14.5 Å². The van der Waals surface area contributed by atoms with Gasteiger partial charge in [-0.05, 0) is 18.2 Å². The predicted octanol–water partition coefficient (Wildman–Crippen LogP) is 2.93. The van der Waals surface area contributed by atoms with E-state index in [2.05, 4.69) is 5.10 Å². The molecule has 29 heavy (non-hydrogen) atoms. The third-order valence-electron chi connectivity index (χ3n) is 4.90. The second-order valence-electron chi connectivity index (χ2n) is 6.82. The molecular formula is C21H20N4O4. The molecule has 8 nitrogen and oxygen atoms in total. The normalized spacial score (nSPS) is 16.6. The highest BCUT2D eigenvalue weighted by Crippen LogP contribution is 2.31. The number of anilines is 1. The SMILES string of the molecule is O=C(c1ccccc1)c1ccc(N2CCOC(Cn3cccn3)C2)c([N+](=O)[O-])c1. The van der Waals surface area contributed by atoms with Crippen LogP contribution in [0.3, 0.4) is 0 Å². The fourth-order valence-electron chi connectivity index (χ4n) is 3.50. The minimum Gasteiger partial charge on any atom is -0.373 e. The average Bonchev–Trinajstić information content (AvgIpc) is 3.26. The van der Waals surface area contributed by atoms with Crippen LogP contribution in [0.5, 0.6) is 0 Å². The molecule has 3 aromatic rings. The quantitative estimate of drug-likeness (QED) is 0.364. The standard InChI is InChI=1S/C21H20N4O4/c26-21(16-5-2-1-3-6-16)17-7-8-19(20(13-17)25(27)28)23-11-12-29-18(14-23)15-24-10-4-9-22-24/h1-10,13,18H,11-12,14-15H2. The molecule has 2 heterocycles. The van der Waals surface area contributed by atoms with E-state index in [0.717, 1.165) is 0 Å². The number of carbonyl (C=O) groups excluding carboxylic acids is 1. The molecule has 1 atom stereocenters. The highest BCUT2D eigenvalue weighted by Gasteiger charge is 2.27. The number of hydrogen-bond donors (Lipinski definition) is 0. The molecule has 4 rings (SSSR count). The summed E-state index contributed by atoms with van der Waals surface area (Å²) in [6.45, 7) is 2.09. The Hall–Kier alpha value is -3.52. The number of aromatic nitrogens is 2. The zero-order valence-corrected chi connectivity index (χ0v) is 15.7. The molecule has 0 N–H and O–H groups in total. The zero-order valence-electron chi connectivity index (χ0n) is 15.7. The van der Waals surface area contributed by atoms with Crippen molar-refractivity contribution in [3.8, 4) is 0 Å². The molecule has 1 aliphatic heterocycles. The number of nitrogens with zero attached hydrogens (tertiary/aromatic N) is 4. The smallest absolute Gasteiger partial charge is 0.293 e. The molecule has 0 bridgehead atoms. The fourth-order valence-corrected chi connectivity index (χ4v) is 3.50. The van der Waals surface area contributed by atoms with E-state index in [0.29, 0.717) is 43.1 Å². The summed E-state index contributed by atoms with van der Waals surface area (Å²) in [5, 5.41) is 15.9. The van der Waals surface area contributed by atoms with Crippen LogP contribution in [0, 0.1) is 10.1 Å². The van der Waals surface area contributed by atoms with Crippen molar-refractivity contribution in [1.29, 1.82) is 0 Å². The summed E-state index contributed by atoms with van der Waals surface area (Å²) in [5.41, 5.74) is 1.22. The maximum atomic E-state index is 12.7. The fraction of sp³-hybridized carbons (Fsp3) is 0.238. The van der Waals surface area contributed by atoms with Crippen LogP contribution in [-0.4, -0.2) is 46.3 Å². The molecule has 1 fully saturated rings. The molecule has 1 aliphatic rings. The van der Waals surface area contributed by atoms with E-state index >= 15 is 0 Å². The van der Waals surface area contributed by atoms with Crippen molar-refractivity contribution in [3.63, 3.8) is 0 Å². The number of ether oxygens (including phenoxy) is 1. The molecule has 0 amide bonds. The Morgan fingerprint density at radius 3 is 2.72 bits per heavy atom. The van der Waals surface area contributed by atoms with Crippen LogP contribution in [-0.2, 0) is 11.3 Å². The van der Waals surface area contributed by atoms with E-state index in [1.165, 1.54) is 6.07 Å². The third kappa shape index (κ3) is 4.17. The van der Waals surface area contributed by atoms with E-state index in [9.17, 15) is 14.9 Å². The number of morpholine rings is 1. The third-order valence-corrected chi connectivity index (χ3v) is 4.90. The van der Waals surface area contributed by atoms with Crippen molar-refractivity contribution in [3.05, 3.63) is 88.2 Å². The molecule has 1 saturated heterocycles. The predicted molar refractivity (Wildman–Crippen MR) is 107 cm³/mol. The van der Waals surface area contributed by atoms with Crippen LogP contribution in [0.2, 0.25) is 0 Å². The number of nitro benzene ring substituents is 1. The maximum absolute atomic E-state index is 12.7. The lowest BCUT2D eigenvalue weighted by atomic mass is 10.0. The molecule has 148 valence electrons. The van der Waals surface area contributed by atoms with Crippen LogP contribution in [0.1, 0.15) is 15.9 Å². The first kappa shape index (κ1) is 18.8. The largest absolute Gasteiger partial charge is 0.373 e. The van der Waals surface area contributed by atoms with Gasteiger partial charge in [0.2, 0.25) is 0 Å². The first-order valence-corrected chi connectivity index (χ1v) is 9.34. The van der Waals surface area contributed by atoms with Gasteiger partial charge in [0, 0.05) is 42.7 Å². The van der Waals surface area contributed by atoms with Gasteiger partial charge in [0.05, 0.1) is 24.2 Å². The molecule has 1 aromatic heterocycles. The number of rotatable bonds is 6. The Balaban J connectivity index is 1.58. The van der Waals surface area contributed by atoms with Crippen LogP contribution in [0.4, 0.5) is 11.4 Å². The van der Waals surface area contributed by atoms with E-state index in [1.54, 1.807) is 47.3 Å². The van der Waals surface area contributed by atoms with Gasteiger partial charge >= 0.3 is 0 Å². The average molecular weight is 392 g/mol. The number of benzene rings is 2. The van der Waals surface area contributed by atoms with E-state index in [-0.39, 0.29) is 17.6 Å². The lowest BCUT2D eigenvalue weighted by molar-refractivity contribution is -0.384. The Bertz CT molecular complexity index is 1000. The van der Waals surface area contributed by atoms with Gasteiger partial charge in [-0.3, -0.25) is 19.6 Å². The Morgan fingerprint density at radius 2 is 2.00 bits per heavy atom. The summed E-state index contributed by atoms with van der Waals surface area (Å²) >= 11 is 0. The molecule has 0 spiro atoms. The van der Waals surface area contributed by atoms with Crippen molar-refractivity contribution in [2.45, 2.75) is 12.6 Å². The van der Waals surface area contributed by atoms with E-state index < -0.39 is 4.92 Å². The van der Waals surface area contributed by atoms with Crippen molar-refractivity contribution >= 4 is 17.2 Å². The van der Waals surface area contributed by atoms with Gasteiger partial charge in [-0.25, -0.2) is 0 Å². The van der Waals surface area contributed by atoms with Crippen LogP contribution in [0.25, 0.3) is 0 Å². The van der Waals surface area contributed by atoms with Gasteiger partial charge in [-0.15, -0.1) is 0 Å². The number of nitro groups is 1. The Kier molecular flexibility index (Phi) is 5.35. The first-order chi connectivity index (χ1) is 14.1. The zero-order chi connectivity index (χ0) is 20.2. The molecule has 0 saturated carbocycles. The summed E-state index contributed by atoms with van der Waals surface area (Å²) in [7, 11) is 0. The van der Waals surface area contributed by atoms with Crippen LogP contribution in [0.15, 0.2) is 67.0 Å². The number of carbonyl (C=O) groups is 1. The van der Waals surface area contributed by atoms with Gasteiger partial charge in [-0.1, -0.05) is 30.3 Å². The molecule has 1 unspecified atom stereocenters. The highest BCUT2D eigenvalue weighted by molar-refractivity contribution is 6.09. The lowest BCUT2D eigenvalue weighted by Crippen LogP contribution is -2.44. The van der Waals surface area contributed by atoms with Gasteiger partial charge < -0.3 is 9.64 Å². The Morgan fingerprint density at radius 1 is 1.17 bits per heavy atom. The second kappa shape index (κ2) is 8.24. The first-order valence-electron chi connectivity index (χ1n) is 9.34. The summed E-state index contributed by atoms with van der Waals surface area (Å²) in [6.07, 6.45) is 3.43. The van der Waals surface area contributed by atoms with Crippen molar-refractivity contribution in [2.75, 3.05) is 24.6 Å². The minimum absolute atomic E-state index is 0.0773. The molecule has 0 aliphatic carbocycles. The highest BCUT2D eigenvalue weighted by atomic mass is 16.6. The maximum Gasteiger partial charge on any atom is 0.293 e.